The molecule has 0 fully saturated rings. The van der Waals surface area contributed by atoms with Crippen LogP contribution in [0.4, 0.5) is 0 Å². The van der Waals surface area contributed by atoms with Crippen molar-refractivity contribution >= 4 is 17.9 Å². The van der Waals surface area contributed by atoms with Crippen molar-refractivity contribution in [1.29, 1.82) is 0 Å². The molecule has 0 spiro atoms. The third-order valence-electron chi connectivity index (χ3n) is 15.4. The summed E-state index contributed by atoms with van der Waals surface area (Å²) in [6.07, 6.45) is 4.72. The Kier molecular flexibility index (Phi) is 13.3. The first-order chi connectivity index (χ1) is 33.9. The van der Waals surface area contributed by atoms with Crippen molar-refractivity contribution in [2.24, 2.45) is 0 Å². The molecule has 0 radical (unpaired) electrons. The van der Waals surface area contributed by atoms with E-state index in [1.165, 1.54) is 66.8 Å². The molecule has 0 aliphatic heterocycles. The molecule has 6 aliphatic carbocycles. The smallest absolute Gasteiger partial charge is 0.333 e. The van der Waals surface area contributed by atoms with Crippen molar-refractivity contribution in [3.8, 4) is 0 Å². The Morgan fingerprint density at radius 3 is 0.729 bits per heavy atom. The topological polar surface area (TPSA) is 90.9 Å². The van der Waals surface area contributed by atoms with E-state index in [9.17, 15) is 14.4 Å². The highest BCUT2D eigenvalue weighted by Gasteiger charge is 2.59. The van der Waals surface area contributed by atoms with E-state index < -0.39 is 0 Å². The summed E-state index contributed by atoms with van der Waals surface area (Å²) < 4.78 is 16.5. The van der Waals surface area contributed by atoms with Crippen LogP contribution in [0, 0.1) is 0 Å². The van der Waals surface area contributed by atoms with Crippen molar-refractivity contribution in [2.45, 2.75) is 81.0 Å². The molecule has 6 aromatic carbocycles. The molecule has 0 atom stereocenters. The van der Waals surface area contributed by atoms with E-state index in [0.29, 0.717) is 36.5 Å². The standard InChI is InChI=1S/C34H34O4.C29H29NO2/c1-23(2)31(35)37-21-11-19-33-25-13-5-8-16-28(25)34(29-17-9-6-14-26(29)33,30-18-10-7-15-27(30)33)20-12-22-38-32(36)24(3)4;1-20(2)27(31)32-18-10-17-28-21-11-4-7-14-24(21)29(19-30-3,25-15-8-5-12-22(25)28)26-16-9-6-13-23(26)28/h5-10,13-18H,1,3,11-12,19-22H2,2,4H3;4-9,11-16,30H,1,10,17-19H2,2-3H3. The first-order valence-corrected chi connectivity index (χ1v) is 24.6. The highest BCUT2D eigenvalue weighted by Crippen LogP contribution is 2.65. The van der Waals surface area contributed by atoms with E-state index in [1.807, 2.05) is 7.05 Å². The SMILES string of the molecule is C=C(C)C(=O)OCCCC12c3ccccc3C(CCCOC(=O)C(=C)C)(c3ccccc31)c1ccccc12.C=C(C)C(=O)OCCCC12c3ccccc3C(CNC)(c3ccccc31)c1ccccc12. The molecule has 1 N–H and O–H groups in total. The van der Waals surface area contributed by atoms with Crippen molar-refractivity contribution in [3.05, 3.63) is 249 Å². The van der Waals surface area contributed by atoms with E-state index in [2.05, 4.69) is 171 Å². The van der Waals surface area contributed by atoms with E-state index in [4.69, 9.17) is 14.2 Å². The van der Waals surface area contributed by atoms with Crippen LogP contribution in [0.1, 0.15) is 126 Å². The summed E-state index contributed by atoms with van der Waals surface area (Å²) in [6, 6.07) is 53.0. The van der Waals surface area contributed by atoms with E-state index >= 15 is 0 Å². The molecule has 0 saturated carbocycles. The molecule has 7 nitrogen and oxygen atoms in total. The van der Waals surface area contributed by atoms with Gasteiger partial charge in [0.25, 0.3) is 0 Å². The van der Waals surface area contributed by atoms with Crippen LogP contribution < -0.4 is 5.32 Å². The Hall–Kier alpha value is -7.09. The molecule has 7 heteroatoms. The highest BCUT2D eigenvalue weighted by molar-refractivity contribution is 5.88. The number of carbonyl (C=O) groups is 3. The predicted molar refractivity (Wildman–Crippen MR) is 277 cm³/mol. The molecule has 4 bridgehead atoms. The maximum Gasteiger partial charge on any atom is 0.333 e. The zero-order valence-corrected chi connectivity index (χ0v) is 41.0. The second-order valence-corrected chi connectivity index (χ2v) is 19.5. The van der Waals surface area contributed by atoms with Crippen molar-refractivity contribution in [2.75, 3.05) is 33.4 Å². The Morgan fingerprint density at radius 2 is 0.557 bits per heavy atom. The fourth-order valence-corrected chi connectivity index (χ4v) is 12.7. The van der Waals surface area contributed by atoms with Gasteiger partial charge in [-0.3, -0.25) is 0 Å². The van der Waals surface area contributed by atoms with Crippen molar-refractivity contribution in [1.82, 2.24) is 5.32 Å². The Labute approximate surface area is 413 Å². The van der Waals surface area contributed by atoms with Crippen LogP contribution in [0.5, 0.6) is 0 Å². The Balaban J connectivity index is 0.000000176. The molecule has 0 aromatic heterocycles. The third kappa shape index (κ3) is 7.48. The third-order valence-corrected chi connectivity index (χ3v) is 15.4. The summed E-state index contributed by atoms with van der Waals surface area (Å²) in [5, 5.41) is 3.50. The van der Waals surface area contributed by atoms with Gasteiger partial charge in [-0.2, -0.15) is 0 Å². The summed E-state index contributed by atoms with van der Waals surface area (Å²) in [5.74, 6) is -1.01. The lowest BCUT2D eigenvalue weighted by atomic mass is 9.45. The second-order valence-electron chi connectivity index (χ2n) is 19.5. The van der Waals surface area contributed by atoms with Crippen LogP contribution in [-0.2, 0) is 50.3 Å². The van der Waals surface area contributed by atoms with Gasteiger partial charge in [0, 0.05) is 39.5 Å². The highest BCUT2D eigenvalue weighted by atomic mass is 16.5. The van der Waals surface area contributed by atoms with E-state index in [-0.39, 0.29) is 39.6 Å². The summed E-state index contributed by atoms with van der Waals surface area (Å²) in [5.41, 5.74) is 16.2. The average Bonchev–Trinajstić information content (AvgIpc) is 3.38. The summed E-state index contributed by atoms with van der Waals surface area (Å²) in [4.78, 5) is 36.0. The molecule has 6 aliphatic rings. The number of carbonyl (C=O) groups excluding carboxylic acids is 3. The maximum absolute atomic E-state index is 12.0. The van der Waals surface area contributed by atoms with Gasteiger partial charge in [-0.1, -0.05) is 165 Å². The molecule has 0 amide bonds. The van der Waals surface area contributed by atoms with Crippen LogP contribution in [0.3, 0.4) is 0 Å². The minimum Gasteiger partial charge on any atom is -0.462 e. The molecular formula is C63H63NO6. The predicted octanol–water partition coefficient (Wildman–Crippen LogP) is 11.9. The van der Waals surface area contributed by atoms with Gasteiger partial charge >= 0.3 is 17.9 Å². The number of hydrogen-bond acceptors (Lipinski definition) is 7. The van der Waals surface area contributed by atoms with Crippen molar-refractivity contribution in [3.63, 3.8) is 0 Å². The van der Waals surface area contributed by atoms with E-state index in [1.54, 1.807) is 20.8 Å². The fourth-order valence-electron chi connectivity index (χ4n) is 12.7. The van der Waals surface area contributed by atoms with Crippen LogP contribution in [0.2, 0.25) is 0 Å². The quantitative estimate of drug-likeness (QED) is 0.0422. The van der Waals surface area contributed by atoms with Gasteiger partial charge in [-0.15, -0.1) is 0 Å². The fraction of sp³-hybridized carbons (Fsp3) is 0.286. The van der Waals surface area contributed by atoms with Gasteiger partial charge < -0.3 is 19.5 Å². The number of benzene rings is 6. The van der Waals surface area contributed by atoms with Gasteiger partial charge in [0.1, 0.15) is 0 Å². The van der Waals surface area contributed by atoms with Gasteiger partial charge in [0.05, 0.1) is 25.2 Å². The van der Waals surface area contributed by atoms with Crippen LogP contribution in [-0.4, -0.2) is 51.3 Å². The molecule has 0 unspecified atom stereocenters. The lowest BCUT2D eigenvalue weighted by Gasteiger charge is -2.57. The number of likely N-dealkylation sites (N-methyl/N-ethyl adjacent to an activating group) is 1. The lowest BCUT2D eigenvalue weighted by Crippen LogP contribution is -2.54. The van der Waals surface area contributed by atoms with Gasteiger partial charge in [-0.05, 0) is 133 Å². The Bertz CT molecular complexity index is 2700. The van der Waals surface area contributed by atoms with Crippen LogP contribution in [0.15, 0.2) is 182 Å². The van der Waals surface area contributed by atoms with Crippen LogP contribution >= 0.6 is 0 Å². The summed E-state index contributed by atoms with van der Waals surface area (Å²) in [7, 11) is 2.04. The molecule has 0 saturated heterocycles. The first kappa shape index (κ1) is 48.0. The zero-order chi connectivity index (χ0) is 49.3. The molecule has 356 valence electrons. The zero-order valence-electron chi connectivity index (χ0n) is 41.0. The van der Waals surface area contributed by atoms with E-state index in [0.717, 1.165) is 45.1 Å². The minimum absolute atomic E-state index is 0.216. The summed E-state index contributed by atoms with van der Waals surface area (Å²) in [6.45, 7) is 18.0. The van der Waals surface area contributed by atoms with Crippen molar-refractivity contribution < 1.29 is 28.6 Å². The number of hydrogen-bond donors (Lipinski definition) is 1. The number of esters is 3. The molecule has 70 heavy (non-hydrogen) atoms. The van der Waals surface area contributed by atoms with Gasteiger partial charge in [-0.25, -0.2) is 14.4 Å². The van der Waals surface area contributed by atoms with Gasteiger partial charge in [0.15, 0.2) is 0 Å². The van der Waals surface area contributed by atoms with Gasteiger partial charge in [0.2, 0.25) is 0 Å². The first-order valence-electron chi connectivity index (χ1n) is 24.6. The lowest BCUT2D eigenvalue weighted by molar-refractivity contribution is -0.140. The number of rotatable bonds is 17. The molecule has 6 aromatic rings. The number of ether oxygens (including phenoxy) is 3. The normalized spacial score (nSPS) is 20.9. The second kappa shape index (κ2) is 19.4. The number of nitrogens with one attached hydrogen (secondary N) is 1. The molecule has 0 heterocycles. The minimum atomic E-state index is -0.345. The Morgan fingerprint density at radius 1 is 0.371 bits per heavy atom. The summed E-state index contributed by atoms with van der Waals surface area (Å²) >= 11 is 0. The largest absolute Gasteiger partial charge is 0.462 e. The average molecular weight is 930 g/mol. The monoisotopic (exact) mass is 929 g/mol. The molecular weight excluding hydrogens is 867 g/mol. The van der Waals surface area contributed by atoms with Crippen LogP contribution in [0.25, 0.3) is 0 Å². The molecule has 12 rings (SSSR count). The maximum atomic E-state index is 12.0.